The SMILES string of the molecule is Cc1cccc(CNc2ccc(Br)c3ccccc23)n1. The van der Waals surface area contributed by atoms with Crippen LogP contribution < -0.4 is 5.32 Å². The molecule has 0 aliphatic rings. The number of aryl methyl sites for hydroxylation is 1. The first-order valence-electron chi connectivity index (χ1n) is 6.58. The molecule has 1 N–H and O–H groups in total. The Morgan fingerprint density at radius 1 is 0.950 bits per heavy atom. The van der Waals surface area contributed by atoms with Gasteiger partial charge in [0.2, 0.25) is 0 Å². The molecule has 0 saturated carbocycles. The second-order valence-electron chi connectivity index (χ2n) is 4.76. The van der Waals surface area contributed by atoms with Gasteiger partial charge in [-0.05, 0) is 36.6 Å². The van der Waals surface area contributed by atoms with E-state index in [-0.39, 0.29) is 0 Å². The molecule has 2 nitrogen and oxygen atoms in total. The van der Waals surface area contributed by atoms with E-state index >= 15 is 0 Å². The molecule has 0 radical (unpaired) electrons. The number of benzene rings is 2. The lowest BCUT2D eigenvalue weighted by Gasteiger charge is -2.11. The number of rotatable bonds is 3. The van der Waals surface area contributed by atoms with Crippen LogP contribution in [0.15, 0.2) is 59.1 Å². The molecule has 0 aliphatic heterocycles. The summed E-state index contributed by atoms with van der Waals surface area (Å²) >= 11 is 3.60. The zero-order chi connectivity index (χ0) is 13.9. The maximum atomic E-state index is 4.51. The summed E-state index contributed by atoms with van der Waals surface area (Å²) in [7, 11) is 0. The van der Waals surface area contributed by atoms with Crippen molar-refractivity contribution in [1.29, 1.82) is 0 Å². The summed E-state index contributed by atoms with van der Waals surface area (Å²) in [4.78, 5) is 4.51. The molecule has 0 aliphatic carbocycles. The van der Waals surface area contributed by atoms with Gasteiger partial charge in [-0.1, -0.05) is 46.3 Å². The van der Waals surface area contributed by atoms with Crippen LogP contribution >= 0.6 is 15.9 Å². The van der Waals surface area contributed by atoms with E-state index < -0.39 is 0 Å². The highest BCUT2D eigenvalue weighted by Gasteiger charge is 2.04. The second-order valence-corrected chi connectivity index (χ2v) is 5.62. The first-order valence-corrected chi connectivity index (χ1v) is 7.37. The van der Waals surface area contributed by atoms with Crippen molar-refractivity contribution in [3.63, 3.8) is 0 Å². The van der Waals surface area contributed by atoms with Gasteiger partial charge in [0, 0.05) is 21.2 Å². The van der Waals surface area contributed by atoms with Gasteiger partial charge in [-0.15, -0.1) is 0 Å². The quantitative estimate of drug-likeness (QED) is 0.739. The summed E-state index contributed by atoms with van der Waals surface area (Å²) in [5.74, 6) is 0. The molecule has 100 valence electrons. The summed E-state index contributed by atoms with van der Waals surface area (Å²) < 4.78 is 1.12. The lowest BCUT2D eigenvalue weighted by Crippen LogP contribution is -2.02. The number of aromatic nitrogens is 1. The lowest BCUT2D eigenvalue weighted by atomic mass is 10.1. The molecular weight excluding hydrogens is 312 g/mol. The largest absolute Gasteiger partial charge is 0.379 e. The third kappa shape index (κ3) is 2.68. The van der Waals surface area contributed by atoms with E-state index in [0.29, 0.717) is 0 Å². The smallest absolute Gasteiger partial charge is 0.0597 e. The molecule has 0 spiro atoms. The Kier molecular flexibility index (Phi) is 3.70. The molecule has 0 fully saturated rings. The van der Waals surface area contributed by atoms with Crippen molar-refractivity contribution < 1.29 is 0 Å². The Morgan fingerprint density at radius 2 is 1.75 bits per heavy atom. The number of hydrogen-bond donors (Lipinski definition) is 1. The van der Waals surface area contributed by atoms with Crippen LogP contribution in [0.1, 0.15) is 11.4 Å². The van der Waals surface area contributed by atoms with E-state index in [9.17, 15) is 0 Å². The van der Waals surface area contributed by atoms with E-state index in [4.69, 9.17) is 0 Å². The summed E-state index contributed by atoms with van der Waals surface area (Å²) in [5.41, 5.74) is 3.23. The minimum absolute atomic E-state index is 0.729. The van der Waals surface area contributed by atoms with Gasteiger partial charge in [0.25, 0.3) is 0 Å². The van der Waals surface area contributed by atoms with Gasteiger partial charge in [0.05, 0.1) is 12.2 Å². The summed E-state index contributed by atoms with van der Waals surface area (Å²) in [6.45, 7) is 2.74. The fourth-order valence-corrected chi connectivity index (χ4v) is 2.78. The van der Waals surface area contributed by atoms with E-state index in [1.807, 2.05) is 25.1 Å². The van der Waals surface area contributed by atoms with Gasteiger partial charge in [-0.25, -0.2) is 0 Å². The fraction of sp³-hybridized carbons (Fsp3) is 0.118. The maximum Gasteiger partial charge on any atom is 0.0597 e. The Morgan fingerprint density at radius 3 is 2.55 bits per heavy atom. The number of nitrogens with one attached hydrogen (secondary N) is 1. The van der Waals surface area contributed by atoms with Crippen molar-refractivity contribution in [1.82, 2.24) is 4.98 Å². The van der Waals surface area contributed by atoms with Crippen molar-refractivity contribution >= 4 is 32.4 Å². The van der Waals surface area contributed by atoms with E-state index in [1.165, 1.54) is 10.8 Å². The Balaban J connectivity index is 1.90. The standard InChI is InChI=1S/C17H15BrN2/c1-12-5-4-6-13(20-12)11-19-17-10-9-16(18)14-7-2-3-8-15(14)17/h2-10,19H,11H2,1H3. The minimum Gasteiger partial charge on any atom is -0.379 e. The van der Waals surface area contributed by atoms with Crippen LogP contribution in [0, 0.1) is 6.92 Å². The van der Waals surface area contributed by atoms with Crippen LogP contribution in [-0.2, 0) is 6.54 Å². The summed E-state index contributed by atoms with van der Waals surface area (Å²) in [6, 6.07) is 18.6. The number of pyridine rings is 1. The second kappa shape index (κ2) is 5.63. The molecule has 1 heterocycles. The third-order valence-electron chi connectivity index (χ3n) is 3.28. The molecule has 1 aromatic heterocycles. The minimum atomic E-state index is 0.729. The fourth-order valence-electron chi connectivity index (χ4n) is 2.30. The number of anilines is 1. The molecule has 2 aromatic carbocycles. The zero-order valence-electron chi connectivity index (χ0n) is 11.2. The molecule has 3 rings (SSSR count). The third-order valence-corrected chi connectivity index (χ3v) is 3.97. The Bertz CT molecular complexity index is 753. The molecule has 0 bridgehead atoms. The van der Waals surface area contributed by atoms with E-state index in [0.717, 1.165) is 28.1 Å². The van der Waals surface area contributed by atoms with Crippen molar-refractivity contribution in [3.05, 3.63) is 70.5 Å². The highest BCUT2D eigenvalue weighted by Crippen LogP contribution is 2.30. The van der Waals surface area contributed by atoms with Gasteiger partial charge in [0.1, 0.15) is 0 Å². The van der Waals surface area contributed by atoms with Crippen LogP contribution in [0.4, 0.5) is 5.69 Å². The zero-order valence-corrected chi connectivity index (χ0v) is 12.8. The highest BCUT2D eigenvalue weighted by molar-refractivity contribution is 9.10. The number of hydrogen-bond acceptors (Lipinski definition) is 2. The molecular formula is C17H15BrN2. The van der Waals surface area contributed by atoms with Crippen LogP contribution in [0.25, 0.3) is 10.8 Å². The average Bonchev–Trinajstić information content (AvgIpc) is 2.47. The summed E-state index contributed by atoms with van der Waals surface area (Å²) in [6.07, 6.45) is 0. The topological polar surface area (TPSA) is 24.9 Å². The number of halogens is 1. The summed E-state index contributed by atoms with van der Waals surface area (Å²) in [5, 5.41) is 5.91. The lowest BCUT2D eigenvalue weighted by molar-refractivity contribution is 1.02. The first-order chi connectivity index (χ1) is 9.74. The Labute approximate surface area is 127 Å². The molecule has 20 heavy (non-hydrogen) atoms. The number of nitrogens with zero attached hydrogens (tertiary/aromatic N) is 1. The monoisotopic (exact) mass is 326 g/mol. The van der Waals surface area contributed by atoms with Gasteiger partial charge in [-0.2, -0.15) is 0 Å². The molecule has 0 saturated heterocycles. The van der Waals surface area contributed by atoms with Crippen molar-refractivity contribution in [2.75, 3.05) is 5.32 Å². The van der Waals surface area contributed by atoms with Gasteiger partial charge in [-0.3, -0.25) is 4.98 Å². The average molecular weight is 327 g/mol. The van der Waals surface area contributed by atoms with Crippen LogP contribution in [0.2, 0.25) is 0 Å². The van der Waals surface area contributed by atoms with E-state index in [1.54, 1.807) is 0 Å². The molecule has 0 unspecified atom stereocenters. The predicted molar refractivity (Wildman–Crippen MR) is 87.9 cm³/mol. The number of fused-ring (bicyclic) bond motifs is 1. The van der Waals surface area contributed by atoms with Crippen LogP contribution in [0.3, 0.4) is 0 Å². The van der Waals surface area contributed by atoms with E-state index in [2.05, 4.69) is 62.6 Å². The van der Waals surface area contributed by atoms with Crippen LogP contribution in [-0.4, -0.2) is 4.98 Å². The molecule has 0 amide bonds. The van der Waals surface area contributed by atoms with Gasteiger partial charge in [0.15, 0.2) is 0 Å². The predicted octanol–water partition coefficient (Wildman–Crippen LogP) is 4.92. The molecule has 0 atom stereocenters. The van der Waals surface area contributed by atoms with Crippen molar-refractivity contribution in [2.45, 2.75) is 13.5 Å². The Hall–Kier alpha value is -1.87. The molecule has 3 aromatic rings. The normalized spacial score (nSPS) is 10.7. The van der Waals surface area contributed by atoms with Gasteiger partial charge < -0.3 is 5.32 Å². The maximum absolute atomic E-state index is 4.51. The van der Waals surface area contributed by atoms with Crippen LogP contribution in [0.5, 0.6) is 0 Å². The van der Waals surface area contributed by atoms with Crippen molar-refractivity contribution in [2.24, 2.45) is 0 Å². The highest BCUT2D eigenvalue weighted by atomic mass is 79.9. The van der Waals surface area contributed by atoms with Crippen molar-refractivity contribution in [3.8, 4) is 0 Å². The van der Waals surface area contributed by atoms with Gasteiger partial charge >= 0.3 is 0 Å². The first kappa shape index (κ1) is 13.1. The molecule has 3 heteroatoms.